The first kappa shape index (κ1) is 11.2. The van der Waals surface area contributed by atoms with Gasteiger partial charge in [-0.2, -0.15) is 13.2 Å². The molecule has 0 bridgehead atoms. The van der Waals surface area contributed by atoms with Gasteiger partial charge in [0.2, 0.25) is 0 Å². The van der Waals surface area contributed by atoms with Crippen molar-refractivity contribution in [2.24, 2.45) is 0 Å². The lowest BCUT2D eigenvalue weighted by Crippen LogP contribution is -2.19. The normalized spacial score (nSPS) is 11.4. The molecule has 1 aromatic rings. The zero-order valence-electron chi connectivity index (χ0n) is 6.94. The second kappa shape index (κ2) is 4.08. The van der Waals surface area contributed by atoms with Gasteiger partial charge in [0.25, 0.3) is 0 Å². The van der Waals surface area contributed by atoms with E-state index in [0.717, 1.165) is 0 Å². The minimum absolute atomic E-state index is 0.0919. The summed E-state index contributed by atoms with van der Waals surface area (Å²) in [6.07, 6.45) is -4.34. The fourth-order valence-electron chi connectivity index (χ4n) is 0.833. The summed E-state index contributed by atoms with van der Waals surface area (Å²) in [5.41, 5.74) is 5.75. The number of benzene rings is 1. The van der Waals surface area contributed by atoms with Crippen LogP contribution in [0.2, 0.25) is 0 Å². The lowest BCUT2D eigenvalue weighted by molar-refractivity contribution is -0.153. The van der Waals surface area contributed by atoms with Gasteiger partial charge in [-0.1, -0.05) is 15.9 Å². The number of nitrogen functional groups attached to an aromatic ring is 1. The van der Waals surface area contributed by atoms with E-state index in [1.807, 2.05) is 0 Å². The molecule has 1 aromatic carbocycles. The van der Waals surface area contributed by atoms with Crippen LogP contribution < -0.4 is 10.5 Å². The van der Waals surface area contributed by atoms with Crippen LogP contribution in [0, 0.1) is 0 Å². The molecule has 2 nitrogen and oxygen atoms in total. The smallest absolute Gasteiger partial charge is 0.422 e. The highest BCUT2D eigenvalue weighted by molar-refractivity contribution is 9.10. The third-order valence-electron chi connectivity index (χ3n) is 1.30. The molecule has 6 heteroatoms. The highest BCUT2D eigenvalue weighted by atomic mass is 79.9. The van der Waals surface area contributed by atoms with Crippen molar-refractivity contribution >= 4 is 21.6 Å². The van der Waals surface area contributed by atoms with Crippen LogP contribution in [-0.4, -0.2) is 12.8 Å². The van der Waals surface area contributed by atoms with Crippen molar-refractivity contribution in [3.8, 4) is 5.75 Å². The Hall–Kier alpha value is -0.910. The van der Waals surface area contributed by atoms with Crippen LogP contribution in [-0.2, 0) is 0 Å². The van der Waals surface area contributed by atoms with Crippen molar-refractivity contribution in [1.29, 1.82) is 0 Å². The van der Waals surface area contributed by atoms with Crippen LogP contribution in [0.3, 0.4) is 0 Å². The number of hydrogen-bond donors (Lipinski definition) is 1. The van der Waals surface area contributed by atoms with Crippen molar-refractivity contribution in [2.75, 3.05) is 12.3 Å². The summed E-state index contributed by atoms with van der Waals surface area (Å²) in [5.74, 6) is 0.0919. The average molecular weight is 270 g/mol. The minimum atomic E-state index is -4.34. The van der Waals surface area contributed by atoms with E-state index in [9.17, 15) is 13.2 Å². The van der Waals surface area contributed by atoms with Crippen molar-refractivity contribution in [3.63, 3.8) is 0 Å². The van der Waals surface area contributed by atoms with Crippen molar-refractivity contribution < 1.29 is 17.9 Å². The van der Waals surface area contributed by atoms with Gasteiger partial charge in [0.1, 0.15) is 5.75 Å². The second-order valence-electron chi connectivity index (χ2n) is 2.62. The standard InChI is InChI=1S/C8H7BrF3NO/c9-5-1-6(13)3-7(2-5)14-4-8(10,11)12/h1-3H,4,13H2. The predicted octanol–water partition coefficient (Wildman–Crippen LogP) is 2.97. The molecule has 0 unspecified atom stereocenters. The number of hydrogen-bond acceptors (Lipinski definition) is 2. The molecule has 0 amide bonds. The molecular weight excluding hydrogens is 263 g/mol. The Labute approximate surface area is 87.0 Å². The van der Waals surface area contributed by atoms with E-state index in [1.54, 1.807) is 6.07 Å². The van der Waals surface area contributed by atoms with Gasteiger partial charge in [-0.15, -0.1) is 0 Å². The number of nitrogens with two attached hydrogens (primary N) is 1. The molecule has 0 aromatic heterocycles. The molecule has 0 fully saturated rings. The highest BCUT2D eigenvalue weighted by Crippen LogP contribution is 2.24. The van der Waals surface area contributed by atoms with Crippen LogP contribution in [0.25, 0.3) is 0 Å². The van der Waals surface area contributed by atoms with Crippen molar-refractivity contribution in [2.45, 2.75) is 6.18 Å². The number of anilines is 1. The van der Waals surface area contributed by atoms with Gasteiger partial charge in [-0.3, -0.25) is 0 Å². The molecule has 0 radical (unpaired) electrons. The van der Waals surface area contributed by atoms with E-state index in [2.05, 4.69) is 20.7 Å². The lowest BCUT2D eigenvalue weighted by Gasteiger charge is -2.09. The molecule has 14 heavy (non-hydrogen) atoms. The summed E-state index contributed by atoms with van der Waals surface area (Å²) in [6, 6.07) is 4.32. The quantitative estimate of drug-likeness (QED) is 0.838. The third kappa shape index (κ3) is 3.87. The van der Waals surface area contributed by atoms with Crippen molar-refractivity contribution in [1.82, 2.24) is 0 Å². The molecule has 0 heterocycles. The van der Waals surface area contributed by atoms with Crippen LogP contribution in [0.15, 0.2) is 22.7 Å². The van der Waals surface area contributed by atoms with Crippen LogP contribution >= 0.6 is 15.9 Å². The van der Waals surface area contributed by atoms with E-state index in [4.69, 9.17) is 5.73 Å². The molecule has 2 N–H and O–H groups in total. The third-order valence-corrected chi connectivity index (χ3v) is 1.75. The van der Waals surface area contributed by atoms with E-state index in [-0.39, 0.29) is 5.75 Å². The first-order chi connectivity index (χ1) is 6.37. The number of alkyl halides is 3. The summed E-state index contributed by atoms with van der Waals surface area (Å²) >= 11 is 3.09. The van der Waals surface area contributed by atoms with Gasteiger partial charge in [0.05, 0.1) is 0 Å². The van der Waals surface area contributed by atoms with Gasteiger partial charge >= 0.3 is 6.18 Å². The number of halogens is 4. The Balaban J connectivity index is 2.68. The van der Waals surface area contributed by atoms with Crippen molar-refractivity contribution in [3.05, 3.63) is 22.7 Å². The lowest BCUT2D eigenvalue weighted by atomic mass is 10.3. The largest absolute Gasteiger partial charge is 0.484 e. The van der Waals surface area contributed by atoms with Gasteiger partial charge in [0.15, 0.2) is 6.61 Å². The molecule has 0 saturated heterocycles. The second-order valence-corrected chi connectivity index (χ2v) is 3.54. The molecule has 1 rings (SSSR count). The van der Waals surface area contributed by atoms with Crippen LogP contribution in [0.4, 0.5) is 18.9 Å². The van der Waals surface area contributed by atoms with Gasteiger partial charge < -0.3 is 10.5 Å². The maximum Gasteiger partial charge on any atom is 0.422 e. The summed E-state index contributed by atoms with van der Waals surface area (Å²) in [5, 5.41) is 0. The van der Waals surface area contributed by atoms with Gasteiger partial charge in [-0.25, -0.2) is 0 Å². The van der Waals surface area contributed by atoms with E-state index in [0.29, 0.717) is 10.2 Å². The first-order valence-electron chi connectivity index (χ1n) is 3.62. The van der Waals surface area contributed by atoms with Crippen LogP contribution in [0.5, 0.6) is 5.75 Å². The van der Waals surface area contributed by atoms with Gasteiger partial charge in [0, 0.05) is 16.2 Å². The number of ether oxygens (including phenoxy) is 1. The fourth-order valence-corrected chi connectivity index (χ4v) is 1.32. The topological polar surface area (TPSA) is 35.2 Å². The molecule has 0 aliphatic carbocycles. The molecule has 0 aliphatic rings. The molecular formula is C8H7BrF3NO. The SMILES string of the molecule is Nc1cc(Br)cc(OCC(F)(F)F)c1. The maximum absolute atomic E-state index is 11.8. The summed E-state index contributed by atoms with van der Waals surface area (Å²) in [7, 11) is 0. The Morgan fingerprint density at radius 3 is 2.43 bits per heavy atom. The zero-order valence-corrected chi connectivity index (χ0v) is 8.52. The van der Waals surface area contributed by atoms with E-state index < -0.39 is 12.8 Å². The first-order valence-corrected chi connectivity index (χ1v) is 4.42. The molecule has 0 atom stereocenters. The van der Waals surface area contributed by atoms with E-state index >= 15 is 0 Å². The monoisotopic (exact) mass is 269 g/mol. The summed E-state index contributed by atoms with van der Waals surface area (Å²) < 4.78 is 40.4. The Morgan fingerprint density at radius 2 is 1.93 bits per heavy atom. The van der Waals surface area contributed by atoms with Crippen LogP contribution in [0.1, 0.15) is 0 Å². The Kier molecular flexibility index (Phi) is 3.25. The molecule has 78 valence electrons. The molecule has 0 saturated carbocycles. The summed E-state index contributed by atoms with van der Waals surface area (Å²) in [4.78, 5) is 0. The zero-order chi connectivity index (χ0) is 10.8. The van der Waals surface area contributed by atoms with Gasteiger partial charge in [-0.05, 0) is 12.1 Å². The number of rotatable bonds is 2. The van der Waals surface area contributed by atoms with E-state index in [1.165, 1.54) is 12.1 Å². The molecule has 0 aliphatic heterocycles. The molecule has 0 spiro atoms. The summed E-state index contributed by atoms with van der Waals surface area (Å²) in [6.45, 7) is -1.32. The Bertz CT molecular complexity index is 307. The maximum atomic E-state index is 11.8. The Morgan fingerprint density at radius 1 is 1.29 bits per heavy atom. The average Bonchev–Trinajstić information content (AvgIpc) is 1.97. The predicted molar refractivity (Wildman–Crippen MR) is 50.1 cm³/mol. The fraction of sp³-hybridized carbons (Fsp3) is 0.250. The minimum Gasteiger partial charge on any atom is -0.484 e. The highest BCUT2D eigenvalue weighted by Gasteiger charge is 2.28.